The summed E-state index contributed by atoms with van der Waals surface area (Å²) in [7, 11) is 1.30. The zero-order valence-electron chi connectivity index (χ0n) is 14.1. The number of ether oxygens (including phenoxy) is 1. The van der Waals surface area contributed by atoms with Gasteiger partial charge in [-0.2, -0.15) is 0 Å². The number of rotatable bonds is 6. The van der Waals surface area contributed by atoms with Crippen LogP contribution in [-0.2, 0) is 20.7 Å². The van der Waals surface area contributed by atoms with Crippen LogP contribution in [0.25, 0.3) is 0 Å². The monoisotopic (exact) mass is 329 g/mol. The van der Waals surface area contributed by atoms with E-state index >= 15 is 0 Å². The molecular formula is C19H23NO4. The van der Waals surface area contributed by atoms with Gasteiger partial charge in [-0.25, -0.2) is 4.79 Å². The fourth-order valence-corrected chi connectivity index (χ4v) is 3.15. The first kappa shape index (κ1) is 17.9. The van der Waals surface area contributed by atoms with Crippen molar-refractivity contribution in [3.8, 4) is 0 Å². The molecule has 1 amide bonds. The molecule has 0 bridgehead atoms. The highest BCUT2D eigenvalue weighted by molar-refractivity contribution is 5.99. The fourth-order valence-electron chi connectivity index (χ4n) is 3.15. The summed E-state index contributed by atoms with van der Waals surface area (Å²) in [6.45, 7) is 2.28. The van der Waals surface area contributed by atoms with E-state index < -0.39 is 5.97 Å². The van der Waals surface area contributed by atoms with Gasteiger partial charge < -0.3 is 10.1 Å². The summed E-state index contributed by atoms with van der Waals surface area (Å²) in [5.74, 6) is -0.459. The number of Topliss-reactive ketones (excluding diaryl/α,β-unsaturated/α-hetero) is 1. The number of fused-ring (bicyclic) bond motifs is 1. The summed E-state index contributed by atoms with van der Waals surface area (Å²) in [4.78, 5) is 35.6. The number of carbonyl (C=O) groups is 3. The van der Waals surface area contributed by atoms with Crippen molar-refractivity contribution in [2.75, 3.05) is 13.7 Å². The van der Waals surface area contributed by atoms with E-state index in [9.17, 15) is 14.4 Å². The third kappa shape index (κ3) is 4.31. The summed E-state index contributed by atoms with van der Waals surface area (Å²) in [6.07, 6.45) is 5.01. The van der Waals surface area contributed by atoms with Crippen molar-refractivity contribution in [2.24, 2.45) is 5.41 Å². The van der Waals surface area contributed by atoms with E-state index in [1.165, 1.54) is 13.2 Å². The van der Waals surface area contributed by atoms with Crippen molar-refractivity contribution in [1.82, 2.24) is 5.32 Å². The molecule has 0 saturated carbocycles. The van der Waals surface area contributed by atoms with Gasteiger partial charge in [0, 0.05) is 31.0 Å². The summed E-state index contributed by atoms with van der Waals surface area (Å²) in [5.41, 5.74) is 1.47. The van der Waals surface area contributed by atoms with Crippen LogP contribution in [0.15, 0.2) is 36.4 Å². The van der Waals surface area contributed by atoms with E-state index in [0.29, 0.717) is 12.8 Å². The Balaban J connectivity index is 1.99. The van der Waals surface area contributed by atoms with Crippen LogP contribution in [0.3, 0.4) is 0 Å². The molecule has 0 spiro atoms. The van der Waals surface area contributed by atoms with E-state index in [4.69, 9.17) is 0 Å². The zero-order valence-corrected chi connectivity index (χ0v) is 14.1. The topological polar surface area (TPSA) is 72.5 Å². The van der Waals surface area contributed by atoms with Crippen molar-refractivity contribution < 1.29 is 19.1 Å². The van der Waals surface area contributed by atoms with Gasteiger partial charge in [0.1, 0.15) is 0 Å². The van der Waals surface area contributed by atoms with Crippen LogP contribution >= 0.6 is 0 Å². The number of carbonyl (C=O) groups excluding carboxylic acids is 3. The first-order valence-corrected chi connectivity index (χ1v) is 8.12. The van der Waals surface area contributed by atoms with E-state index in [1.807, 2.05) is 31.2 Å². The van der Waals surface area contributed by atoms with Gasteiger partial charge in [-0.05, 0) is 23.8 Å². The van der Waals surface area contributed by atoms with E-state index in [1.54, 1.807) is 6.08 Å². The van der Waals surface area contributed by atoms with E-state index in [0.717, 1.165) is 24.0 Å². The number of nitrogens with one attached hydrogen (secondary N) is 1. The van der Waals surface area contributed by atoms with E-state index in [-0.39, 0.29) is 23.7 Å². The minimum atomic E-state index is -0.455. The number of hydrogen-bond donors (Lipinski definition) is 1. The lowest BCUT2D eigenvalue weighted by Gasteiger charge is -2.36. The number of benzene rings is 1. The lowest BCUT2D eigenvalue weighted by Crippen LogP contribution is -2.37. The number of hydrogen-bond acceptors (Lipinski definition) is 4. The number of methoxy groups -OCH3 is 1. The number of esters is 1. The van der Waals surface area contributed by atoms with Crippen LogP contribution in [0.4, 0.5) is 0 Å². The second-order valence-electron chi connectivity index (χ2n) is 6.19. The summed E-state index contributed by atoms with van der Waals surface area (Å²) < 4.78 is 4.48. The quantitative estimate of drug-likeness (QED) is 0.643. The van der Waals surface area contributed by atoms with Gasteiger partial charge in [0.2, 0.25) is 5.91 Å². The van der Waals surface area contributed by atoms with Crippen LogP contribution < -0.4 is 5.32 Å². The van der Waals surface area contributed by atoms with Crippen molar-refractivity contribution in [3.63, 3.8) is 0 Å². The third-order valence-corrected chi connectivity index (χ3v) is 4.58. The van der Waals surface area contributed by atoms with Gasteiger partial charge >= 0.3 is 5.97 Å². The molecule has 2 rings (SSSR count). The maximum Gasteiger partial charge on any atom is 0.330 e. The Hall–Kier alpha value is -2.43. The average molecular weight is 329 g/mol. The standard InChI is InChI=1S/C19H23NO4/c1-3-19(13-17(22)20-10-6-9-18(23)24-2)11-14-7-4-5-8-15(14)16(21)12-19/h4-9H,3,10-13H2,1-2H3,(H,20,22)/b9-6+. The molecule has 1 aliphatic rings. The number of ketones is 1. The Bertz CT molecular complexity index is 665. The molecule has 5 nitrogen and oxygen atoms in total. The molecule has 0 fully saturated rings. The molecule has 24 heavy (non-hydrogen) atoms. The minimum Gasteiger partial charge on any atom is -0.466 e. The maximum atomic E-state index is 12.4. The Morgan fingerprint density at radius 3 is 2.75 bits per heavy atom. The molecule has 0 radical (unpaired) electrons. The van der Waals surface area contributed by atoms with Crippen molar-refractivity contribution >= 4 is 17.7 Å². The molecule has 128 valence electrons. The van der Waals surface area contributed by atoms with Gasteiger partial charge in [0.15, 0.2) is 5.78 Å². The highest BCUT2D eigenvalue weighted by Gasteiger charge is 2.38. The van der Waals surface area contributed by atoms with Gasteiger partial charge in [-0.1, -0.05) is 37.3 Å². The van der Waals surface area contributed by atoms with Gasteiger partial charge in [0.25, 0.3) is 0 Å². The van der Waals surface area contributed by atoms with Crippen LogP contribution in [0.2, 0.25) is 0 Å². The Morgan fingerprint density at radius 2 is 2.04 bits per heavy atom. The van der Waals surface area contributed by atoms with Crippen molar-refractivity contribution in [2.45, 2.75) is 32.6 Å². The Labute approximate surface area is 142 Å². The molecule has 1 N–H and O–H groups in total. The predicted molar refractivity (Wildman–Crippen MR) is 90.6 cm³/mol. The molecule has 0 heterocycles. The lowest BCUT2D eigenvalue weighted by atomic mass is 9.67. The highest BCUT2D eigenvalue weighted by Crippen LogP contribution is 2.40. The minimum absolute atomic E-state index is 0.108. The third-order valence-electron chi connectivity index (χ3n) is 4.58. The average Bonchev–Trinajstić information content (AvgIpc) is 2.58. The first-order chi connectivity index (χ1) is 11.5. The van der Waals surface area contributed by atoms with Crippen LogP contribution in [0.5, 0.6) is 0 Å². The molecule has 0 saturated heterocycles. The summed E-state index contributed by atoms with van der Waals surface area (Å²) in [6, 6.07) is 7.62. The Kier molecular flexibility index (Phi) is 5.90. The largest absolute Gasteiger partial charge is 0.466 e. The van der Waals surface area contributed by atoms with Crippen molar-refractivity contribution in [3.05, 3.63) is 47.5 Å². The van der Waals surface area contributed by atoms with Gasteiger partial charge in [0.05, 0.1) is 7.11 Å². The molecule has 0 aliphatic heterocycles. The lowest BCUT2D eigenvalue weighted by molar-refractivity contribution is -0.135. The predicted octanol–water partition coefficient (Wildman–Crippen LogP) is 2.45. The molecular weight excluding hydrogens is 306 g/mol. The van der Waals surface area contributed by atoms with E-state index in [2.05, 4.69) is 10.1 Å². The van der Waals surface area contributed by atoms with Crippen LogP contribution in [0, 0.1) is 5.41 Å². The SMILES string of the molecule is CCC1(CC(=O)NC/C=C/C(=O)OC)CC(=O)c2ccccc2C1. The molecule has 5 heteroatoms. The second kappa shape index (κ2) is 7.90. The molecule has 1 unspecified atom stereocenters. The molecule has 0 aromatic heterocycles. The van der Waals surface area contributed by atoms with Crippen LogP contribution in [0.1, 0.15) is 42.1 Å². The van der Waals surface area contributed by atoms with Crippen molar-refractivity contribution in [1.29, 1.82) is 0 Å². The molecule has 1 atom stereocenters. The maximum absolute atomic E-state index is 12.4. The smallest absolute Gasteiger partial charge is 0.330 e. The van der Waals surface area contributed by atoms with Gasteiger partial charge in [-0.15, -0.1) is 0 Å². The summed E-state index contributed by atoms with van der Waals surface area (Å²) in [5, 5.41) is 2.76. The Morgan fingerprint density at radius 1 is 1.29 bits per heavy atom. The normalized spacial score (nSPS) is 19.8. The highest BCUT2D eigenvalue weighted by atomic mass is 16.5. The van der Waals surface area contributed by atoms with Crippen LogP contribution in [-0.4, -0.2) is 31.3 Å². The zero-order chi connectivity index (χ0) is 17.6. The molecule has 1 aromatic rings. The summed E-state index contributed by atoms with van der Waals surface area (Å²) >= 11 is 0. The second-order valence-corrected chi connectivity index (χ2v) is 6.19. The van der Waals surface area contributed by atoms with Gasteiger partial charge in [-0.3, -0.25) is 9.59 Å². The fraction of sp³-hybridized carbons (Fsp3) is 0.421. The molecule has 1 aromatic carbocycles. The number of amides is 1. The molecule has 1 aliphatic carbocycles. The first-order valence-electron chi connectivity index (χ1n) is 8.12.